The van der Waals surface area contributed by atoms with E-state index in [4.69, 9.17) is 10.9 Å². The zero-order chi connectivity index (χ0) is 19.3. The maximum absolute atomic E-state index is 13.0. The number of fused-ring (bicyclic) bond motifs is 1. The first kappa shape index (κ1) is 19.3. The van der Waals surface area contributed by atoms with Crippen LogP contribution in [0.25, 0.3) is 0 Å². The summed E-state index contributed by atoms with van der Waals surface area (Å²) in [6, 6.07) is 4.88. The molecule has 1 saturated heterocycles. The number of nitrogens with two attached hydrogens (primary N) is 2. The lowest BCUT2D eigenvalue weighted by Crippen LogP contribution is -2.54. The highest BCUT2D eigenvalue weighted by Gasteiger charge is 2.37. The summed E-state index contributed by atoms with van der Waals surface area (Å²) in [6.45, 7) is 8.20. The summed E-state index contributed by atoms with van der Waals surface area (Å²) >= 11 is 0. The molecule has 8 heteroatoms. The van der Waals surface area contributed by atoms with E-state index in [0.717, 1.165) is 30.8 Å². The van der Waals surface area contributed by atoms with Crippen molar-refractivity contribution in [1.29, 1.82) is 0 Å². The third kappa shape index (κ3) is 3.64. The summed E-state index contributed by atoms with van der Waals surface area (Å²) < 4.78 is 23.1. The number of benzene rings is 1. The Balaban J connectivity index is 1.77. The lowest BCUT2D eigenvalue weighted by molar-refractivity contribution is -0.120. The number of amides is 1. The number of anilines is 1. The van der Waals surface area contributed by atoms with Crippen molar-refractivity contribution in [1.82, 2.24) is 4.90 Å². The van der Waals surface area contributed by atoms with Crippen LogP contribution in [0.4, 0.5) is 5.69 Å². The molecule has 7 nitrogen and oxygen atoms in total. The van der Waals surface area contributed by atoms with Crippen LogP contribution in [0, 0.1) is 5.41 Å². The molecule has 2 aliphatic heterocycles. The van der Waals surface area contributed by atoms with Crippen molar-refractivity contribution in [3.05, 3.63) is 23.8 Å². The minimum absolute atomic E-state index is 0.00622. The van der Waals surface area contributed by atoms with Gasteiger partial charge in [-0.2, -0.15) is 0 Å². The monoisotopic (exact) mass is 380 g/mol. The molecule has 1 fully saturated rings. The van der Waals surface area contributed by atoms with Gasteiger partial charge in [-0.15, -0.1) is 0 Å². The predicted molar refractivity (Wildman–Crippen MR) is 101 cm³/mol. The topological polar surface area (TPSA) is 110 Å². The SMILES string of the molecule is CC1Cc2cc(S(N)(=O)=O)ccc2N1C(=O)CN1CCC(N)C(C)(C)C1. The van der Waals surface area contributed by atoms with Crippen LogP contribution in [0.5, 0.6) is 0 Å². The number of hydrogen-bond donors (Lipinski definition) is 2. The fourth-order valence-electron chi connectivity index (χ4n) is 4.05. The smallest absolute Gasteiger partial charge is 0.241 e. The number of sulfonamides is 1. The summed E-state index contributed by atoms with van der Waals surface area (Å²) in [5.74, 6) is 0.0332. The van der Waals surface area contributed by atoms with E-state index in [-0.39, 0.29) is 28.3 Å². The second-order valence-electron chi connectivity index (χ2n) is 8.25. The van der Waals surface area contributed by atoms with Gasteiger partial charge in [0.15, 0.2) is 0 Å². The molecule has 1 aromatic rings. The van der Waals surface area contributed by atoms with E-state index in [1.807, 2.05) is 6.92 Å². The van der Waals surface area contributed by atoms with Crippen LogP contribution in [0.15, 0.2) is 23.1 Å². The van der Waals surface area contributed by atoms with E-state index in [1.165, 1.54) is 6.07 Å². The molecule has 0 radical (unpaired) electrons. The number of primary sulfonamides is 1. The Morgan fingerprint density at radius 1 is 1.35 bits per heavy atom. The number of likely N-dealkylation sites (tertiary alicyclic amines) is 1. The molecule has 0 spiro atoms. The van der Waals surface area contributed by atoms with Crippen LogP contribution in [-0.2, 0) is 21.2 Å². The Morgan fingerprint density at radius 3 is 2.65 bits per heavy atom. The first-order valence-corrected chi connectivity index (χ1v) is 10.5. The number of nitrogens with zero attached hydrogens (tertiary/aromatic N) is 2. The van der Waals surface area contributed by atoms with Gasteiger partial charge in [0, 0.05) is 30.9 Å². The molecule has 0 aliphatic carbocycles. The molecule has 0 aromatic heterocycles. The Bertz CT molecular complexity index is 822. The number of rotatable bonds is 3. The van der Waals surface area contributed by atoms with Gasteiger partial charge < -0.3 is 10.6 Å². The molecular formula is C18H28N4O3S. The van der Waals surface area contributed by atoms with Crippen molar-refractivity contribution in [2.75, 3.05) is 24.5 Å². The van der Waals surface area contributed by atoms with Gasteiger partial charge in [-0.3, -0.25) is 9.69 Å². The Kier molecular flexibility index (Phi) is 4.89. The molecule has 2 atom stereocenters. The van der Waals surface area contributed by atoms with Crippen molar-refractivity contribution < 1.29 is 13.2 Å². The number of carbonyl (C=O) groups is 1. The summed E-state index contributed by atoms with van der Waals surface area (Å²) in [7, 11) is -3.74. The van der Waals surface area contributed by atoms with Gasteiger partial charge in [-0.1, -0.05) is 13.8 Å². The number of piperidine rings is 1. The van der Waals surface area contributed by atoms with Gasteiger partial charge in [0.25, 0.3) is 0 Å². The van der Waals surface area contributed by atoms with E-state index in [9.17, 15) is 13.2 Å². The Morgan fingerprint density at radius 2 is 2.04 bits per heavy atom. The summed E-state index contributed by atoms with van der Waals surface area (Å²) in [6.07, 6.45) is 1.50. The average Bonchev–Trinajstić information content (AvgIpc) is 2.84. The van der Waals surface area contributed by atoms with Crippen molar-refractivity contribution in [3.63, 3.8) is 0 Å². The minimum Gasteiger partial charge on any atom is -0.327 e. The van der Waals surface area contributed by atoms with Crippen LogP contribution < -0.4 is 15.8 Å². The van der Waals surface area contributed by atoms with Crippen LogP contribution in [0.2, 0.25) is 0 Å². The number of hydrogen-bond acceptors (Lipinski definition) is 5. The molecule has 144 valence electrons. The Hall–Kier alpha value is -1.48. The highest BCUT2D eigenvalue weighted by Crippen LogP contribution is 2.34. The number of carbonyl (C=O) groups excluding carboxylic acids is 1. The molecule has 2 aliphatic rings. The normalized spacial score (nSPS) is 26.0. The first-order chi connectivity index (χ1) is 12.0. The maximum Gasteiger partial charge on any atom is 0.241 e. The molecule has 3 rings (SSSR count). The molecule has 2 unspecified atom stereocenters. The molecule has 2 heterocycles. The third-order valence-electron chi connectivity index (χ3n) is 5.61. The predicted octanol–water partition coefficient (Wildman–Crippen LogP) is 0.671. The van der Waals surface area contributed by atoms with E-state index < -0.39 is 10.0 Å². The summed E-state index contributed by atoms with van der Waals surface area (Å²) in [5, 5.41) is 5.22. The van der Waals surface area contributed by atoms with Crippen LogP contribution >= 0.6 is 0 Å². The van der Waals surface area contributed by atoms with Crippen molar-refractivity contribution in [2.24, 2.45) is 16.3 Å². The second kappa shape index (κ2) is 6.60. The van der Waals surface area contributed by atoms with Gasteiger partial charge in [0.2, 0.25) is 15.9 Å². The van der Waals surface area contributed by atoms with E-state index in [2.05, 4.69) is 18.7 Å². The van der Waals surface area contributed by atoms with Crippen molar-refractivity contribution >= 4 is 21.6 Å². The quantitative estimate of drug-likeness (QED) is 0.801. The first-order valence-electron chi connectivity index (χ1n) is 8.95. The standard InChI is InChI=1S/C18H28N4O3S/c1-12-8-13-9-14(26(20,24)25)4-5-15(13)22(12)17(23)10-21-7-6-16(19)18(2,3)11-21/h4-5,9,12,16H,6-8,10-11,19H2,1-3H3,(H2,20,24,25). The lowest BCUT2D eigenvalue weighted by Gasteiger charge is -2.42. The van der Waals surface area contributed by atoms with Crippen LogP contribution in [0.1, 0.15) is 32.8 Å². The van der Waals surface area contributed by atoms with Gasteiger partial charge in [-0.05, 0) is 48.9 Å². The molecule has 1 aromatic carbocycles. The van der Waals surface area contributed by atoms with E-state index in [1.54, 1.807) is 17.0 Å². The highest BCUT2D eigenvalue weighted by atomic mass is 32.2. The van der Waals surface area contributed by atoms with Crippen molar-refractivity contribution in [2.45, 2.75) is 50.6 Å². The third-order valence-corrected chi connectivity index (χ3v) is 6.52. The van der Waals surface area contributed by atoms with E-state index >= 15 is 0 Å². The highest BCUT2D eigenvalue weighted by molar-refractivity contribution is 7.89. The average molecular weight is 381 g/mol. The van der Waals surface area contributed by atoms with Gasteiger partial charge >= 0.3 is 0 Å². The molecule has 4 N–H and O–H groups in total. The molecule has 0 saturated carbocycles. The second-order valence-corrected chi connectivity index (χ2v) is 9.81. The van der Waals surface area contributed by atoms with Gasteiger partial charge in [0.1, 0.15) is 0 Å². The fourth-order valence-corrected chi connectivity index (χ4v) is 4.62. The Labute approximate surface area is 155 Å². The minimum atomic E-state index is -3.74. The largest absolute Gasteiger partial charge is 0.327 e. The molecule has 1 amide bonds. The molecular weight excluding hydrogens is 352 g/mol. The zero-order valence-electron chi connectivity index (χ0n) is 15.6. The molecule has 26 heavy (non-hydrogen) atoms. The van der Waals surface area contributed by atoms with Gasteiger partial charge in [-0.25, -0.2) is 13.6 Å². The fraction of sp³-hybridized carbons (Fsp3) is 0.611. The van der Waals surface area contributed by atoms with E-state index in [0.29, 0.717) is 13.0 Å². The summed E-state index contributed by atoms with van der Waals surface area (Å²) in [5.41, 5.74) is 7.79. The zero-order valence-corrected chi connectivity index (χ0v) is 16.4. The summed E-state index contributed by atoms with van der Waals surface area (Å²) in [4.78, 5) is 17.0. The van der Waals surface area contributed by atoms with Crippen molar-refractivity contribution in [3.8, 4) is 0 Å². The molecule has 0 bridgehead atoms. The maximum atomic E-state index is 13.0. The van der Waals surface area contributed by atoms with Crippen LogP contribution in [-0.4, -0.2) is 50.9 Å². The van der Waals surface area contributed by atoms with Gasteiger partial charge in [0.05, 0.1) is 11.4 Å². The lowest BCUT2D eigenvalue weighted by atomic mass is 9.80. The van der Waals surface area contributed by atoms with Crippen LogP contribution in [0.3, 0.4) is 0 Å².